The molecular weight excluding hydrogens is 271 g/mol. The maximum Gasteiger partial charge on any atom is 0.243 e. The number of sulfonamides is 1. The molecule has 1 saturated heterocycles. The largest absolute Gasteiger partial charge is 0.380 e. The van der Waals surface area contributed by atoms with Crippen LogP contribution in [0.3, 0.4) is 0 Å². The van der Waals surface area contributed by atoms with E-state index in [-0.39, 0.29) is 16.5 Å². The number of hydrogen-bond acceptors (Lipinski definition) is 4. The number of nitrogens with zero attached hydrogens (tertiary/aromatic N) is 2. The minimum atomic E-state index is -3.74. The Morgan fingerprint density at radius 3 is 2.84 bits per heavy atom. The van der Waals surface area contributed by atoms with Gasteiger partial charge in [-0.05, 0) is 24.6 Å². The smallest absolute Gasteiger partial charge is 0.243 e. The first kappa shape index (κ1) is 13.9. The molecule has 0 aliphatic carbocycles. The van der Waals surface area contributed by atoms with Gasteiger partial charge in [0.1, 0.15) is 11.9 Å². The molecule has 1 fully saturated rings. The van der Waals surface area contributed by atoms with Crippen molar-refractivity contribution in [3.8, 4) is 6.07 Å². The standard InChI is InChI=1S/C12H13FN2O3S/c1-15(10-4-5-18-8-10)19(16,17)11-2-3-12(13)9(6-11)7-14/h2-3,6,10H,4-5,8H2,1H3. The molecule has 1 aromatic carbocycles. The van der Waals surface area contributed by atoms with E-state index in [1.807, 2.05) is 0 Å². The molecule has 0 amide bonds. The van der Waals surface area contributed by atoms with Gasteiger partial charge in [-0.25, -0.2) is 12.8 Å². The highest BCUT2D eigenvalue weighted by molar-refractivity contribution is 7.89. The Hall–Kier alpha value is -1.49. The van der Waals surface area contributed by atoms with Crippen LogP contribution in [-0.4, -0.2) is 39.0 Å². The van der Waals surface area contributed by atoms with Crippen molar-refractivity contribution in [2.24, 2.45) is 0 Å². The summed E-state index contributed by atoms with van der Waals surface area (Å²) in [5.41, 5.74) is -0.280. The van der Waals surface area contributed by atoms with E-state index < -0.39 is 15.8 Å². The average molecular weight is 284 g/mol. The van der Waals surface area contributed by atoms with Gasteiger partial charge in [0.15, 0.2) is 0 Å². The Labute approximate surface area is 111 Å². The third kappa shape index (κ3) is 2.61. The summed E-state index contributed by atoms with van der Waals surface area (Å²) >= 11 is 0. The number of benzene rings is 1. The molecule has 0 saturated carbocycles. The van der Waals surface area contributed by atoms with E-state index in [4.69, 9.17) is 10.00 Å². The molecule has 1 unspecified atom stereocenters. The first-order valence-corrected chi connectivity index (χ1v) is 7.16. The third-order valence-electron chi connectivity index (χ3n) is 3.16. The molecule has 0 radical (unpaired) electrons. The molecule has 102 valence electrons. The normalized spacial score (nSPS) is 19.6. The highest BCUT2D eigenvalue weighted by atomic mass is 32.2. The SMILES string of the molecule is CN(C1CCOC1)S(=O)(=O)c1ccc(F)c(C#N)c1. The Kier molecular flexibility index (Phi) is 3.85. The molecular formula is C12H13FN2O3S. The predicted octanol–water partition coefficient (Wildman–Crippen LogP) is 1.11. The summed E-state index contributed by atoms with van der Waals surface area (Å²) < 4.78 is 44.3. The zero-order valence-electron chi connectivity index (χ0n) is 10.3. The number of nitriles is 1. The Morgan fingerprint density at radius 1 is 1.53 bits per heavy atom. The van der Waals surface area contributed by atoms with Gasteiger partial charge in [0.2, 0.25) is 10.0 Å². The summed E-state index contributed by atoms with van der Waals surface area (Å²) in [5, 5.41) is 8.74. The molecule has 1 aromatic rings. The van der Waals surface area contributed by atoms with Gasteiger partial charge in [-0.2, -0.15) is 9.57 Å². The monoisotopic (exact) mass is 284 g/mol. The minimum Gasteiger partial charge on any atom is -0.380 e. The summed E-state index contributed by atoms with van der Waals surface area (Å²) in [7, 11) is -2.27. The van der Waals surface area contributed by atoms with E-state index in [0.717, 1.165) is 18.2 Å². The maximum absolute atomic E-state index is 13.2. The van der Waals surface area contributed by atoms with E-state index in [2.05, 4.69) is 0 Å². The van der Waals surface area contributed by atoms with Crippen LogP contribution in [-0.2, 0) is 14.8 Å². The predicted molar refractivity (Wildman–Crippen MR) is 65.3 cm³/mol. The van der Waals surface area contributed by atoms with Crippen molar-refractivity contribution in [2.75, 3.05) is 20.3 Å². The quantitative estimate of drug-likeness (QED) is 0.833. The minimum absolute atomic E-state index is 0.0835. The molecule has 1 heterocycles. The zero-order chi connectivity index (χ0) is 14.0. The summed E-state index contributed by atoms with van der Waals surface area (Å²) in [5.74, 6) is -0.728. The Balaban J connectivity index is 2.36. The van der Waals surface area contributed by atoms with Gasteiger partial charge in [0.05, 0.1) is 23.1 Å². The van der Waals surface area contributed by atoms with Gasteiger partial charge in [0, 0.05) is 13.7 Å². The van der Waals surface area contributed by atoms with Crippen molar-refractivity contribution in [3.05, 3.63) is 29.6 Å². The fourth-order valence-electron chi connectivity index (χ4n) is 1.92. The lowest BCUT2D eigenvalue weighted by Gasteiger charge is -2.22. The van der Waals surface area contributed by atoms with E-state index >= 15 is 0 Å². The number of hydrogen-bond donors (Lipinski definition) is 0. The highest BCUT2D eigenvalue weighted by Gasteiger charge is 2.31. The van der Waals surface area contributed by atoms with Crippen LogP contribution in [0.2, 0.25) is 0 Å². The first-order valence-electron chi connectivity index (χ1n) is 5.72. The number of likely N-dealkylation sites (N-methyl/N-ethyl adjacent to an activating group) is 1. The molecule has 1 atom stereocenters. The third-order valence-corrected chi connectivity index (χ3v) is 5.06. The van der Waals surface area contributed by atoms with Gasteiger partial charge < -0.3 is 4.74 Å². The van der Waals surface area contributed by atoms with E-state index in [9.17, 15) is 12.8 Å². The second-order valence-corrected chi connectivity index (χ2v) is 6.29. The van der Waals surface area contributed by atoms with Gasteiger partial charge in [-0.3, -0.25) is 0 Å². The molecule has 0 bridgehead atoms. The first-order chi connectivity index (χ1) is 8.96. The molecule has 1 aliphatic rings. The molecule has 19 heavy (non-hydrogen) atoms. The summed E-state index contributed by atoms with van der Waals surface area (Å²) in [6.45, 7) is 0.874. The lowest BCUT2D eigenvalue weighted by Crippen LogP contribution is -2.37. The van der Waals surface area contributed by atoms with Crippen LogP contribution in [0.1, 0.15) is 12.0 Å². The number of rotatable bonds is 3. The Morgan fingerprint density at radius 2 is 2.26 bits per heavy atom. The van der Waals surface area contributed by atoms with E-state index in [0.29, 0.717) is 19.6 Å². The van der Waals surface area contributed by atoms with E-state index in [1.165, 1.54) is 11.4 Å². The van der Waals surface area contributed by atoms with Gasteiger partial charge >= 0.3 is 0 Å². The maximum atomic E-state index is 13.2. The second kappa shape index (κ2) is 5.25. The van der Waals surface area contributed by atoms with Gasteiger partial charge in [-0.15, -0.1) is 0 Å². The Bertz CT molecular complexity index is 618. The van der Waals surface area contributed by atoms with Gasteiger partial charge in [-0.1, -0.05) is 0 Å². The van der Waals surface area contributed by atoms with Crippen LogP contribution in [0.4, 0.5) is 4.39 Å². The summed E-state index contributed by atoms with van der Waals surface area (Å²) in [4.78, 5) is -0.0835. The lowest BCUT2D eigenvalue weighted by atomic mass is 10.2. The van der Waals surface area contributed by atoms with Crippen LogP contribution in [0.5, 0.6) is 0 Å². The van der Waals surface area contributed by atoms with Crippen molar-refractivity contribution < 1.29 is 17.5 Å². The molecule has 0 N–H and O–H groups in total. The molecule has 7 heteroatoms. The zero-order valence-corrected chi connectivity index (χ0v) is 11.2. The number of halogens is 1. The number of ether oxygens (including phenoxy) is 1. The van der Waals surface area contributed by atoms with Crippen molar-refractivity contribution in [2.45, 2.75) is 17.4 Å². The van der Waals surface area contributed by atoms with Crippen LogP contribution >= 0.6 is 0 Å². The highest BCUT2D eigenvalue weighted by Crippen LogP contribution is 2.22. The fourth-order valence-corrected chi connectivity index (χ4v) is 3.32. The molecule has 5 nitrogen and oxygen atoms in total. The van der Waals surface area contributed by atoms with Crippen LogP contribution in [0, 0.1) is 17.1 Å². The van der Waals surface area contributed by atoms with Crippen molar-refractivity contribution in [3.63, 3.8) is 0 Å². The van der Waals surface area contributed by atoms with Crippen molar-refractivity contribution >= 4 is 10.0 Å². The fraction of sp³-hybridized carbons (Fsp3) is 0.417. The van der Waals surface area contributed by atoms with Crippen molar-refractivity contribution in [1.82, 2.24) is 4.31 Å². The molecule has 2 rings (SSSR count). The lowest BCUT2D eigenvalue weighted by molar-refractivity contribution is 0.181. The topological polar surface area (TPSA) is 70.4 Å². The van der Waals surface area contributed by atoms with Crippen LogP contribution in [0.25, 0.3) is 0 Å². The molecule has 0 aromatic heterocycles. The second-order valence-electron chi connectivity index (χ2n) is 4.29. The van der Waals surface area contributed by atoms with E-state index in [1.54, 1.807) is 6.07 Å². The molecule has 0 spiro atoms. The summed E-state index contributed by atoms with van der Waals surface area (Å²) in [6.07, 6.45) is 0.627. The average Bonchev–Trinajstić information content (AvgIpc) is 2.91. The van der Waals surface area contributed by atoms with Gasteiger partial charge in [0.25, 0.3) is 0 Å². The molecule has 1 aliphatic heterocycles. The van der Waals surface area contributed by atoms with Crippen LogP contribution < -0.4 is 0 Å². The van der Waals surface area contributed by atoms with Crippen molar-refractivity contribution in [1.29, 1.82) is 5.26 Å². The van der Waals surface area contributed by atoms with Crippen LogP contribution in [0.15, 0.2) is 23.1 Å². The summed E-state index contributed by atoms with van der Waals surface area (Å²) in [6, 6.07) is 4.62.